The first-order valence-electron chi connectivity index (χ1n) is 9.50. The number of allylic oxidation sites excluding steroid dienone is 1. The van der Waals surface area contributed by atoms with E-state index in [0.29, 0.717) is 21.9 Å². The highest BCUT2D eigenvalue weighted by Gasteiger charge is 2.19. The Balaban J connectivity index is 1.63. The summed E-state index contributed by atoms with van der Waals surface area (Å²) in [5.41, 5.74) is 3.16. The first-order valence-corrected chi connectivity index (χ1v) is 12.2. The number of carbonyl (C=O) groups excluding carboxylic acids is 1. The van der Waals surface area contributed by atoms with Crippen LogP contribution >= 0.6 is 34.4 Å². The van der Waals surface area contributed by atoms with Crippen LogP contribution in [0.15, 0.2) is 45.5 Å². The van der Waals surface area contributed by atoms with Crippen molar-refractivity contribution in [2.24, 2.45) is 7.05 Å². The Morgan fingerprint density at radius 1 is 1.35 bits per heavy atom. The predicted octanol–water partition coefficient (Wildman–Crippen LogP) is 4.45. The maximum atomic E-state index is 13.3. The summed E-state index contributed by atoms with van der Waals surface area (Å²) in [6.07, 6.45) is 1.67. The van der Waals surface area contributed by atoms with Crippen LogP contribution in [0, 0.1) is 13.8 Å². The second-order valence-electron chi connectivity index (χ2n) is 6.91. The molecule has 0 radical (unpaired) electrons. The molecule has 0 fully saturated rings. The Labute approximate surface area is 191 Å². The van der Waals surface area contributed by atoms with E-state index in [-0.39, 0.29) is 17.2 Å². The number of amides is 1. The summed E-state index contributed by atoms with van der Waals surface area (Å²) in [5, 5.41) is 12.3. The lowest BCUT2D eigenvalue weighted by Crippen LogP contribution is -2.23. The highest BCUT2D eigenvalue weighted by Crippen LogP contribution is 2.34. The van der Waals surface area contributed by atoms with Gasteiger partial charge in [-0.05, 0) is 25.3 Å². The van der Waals surface area contributed by atoms with Gasteiger partial charge in [0.05, 0.1) is 28.2 Å². The zero-order chi connectivity index (χ0) is 22.1. The van der Waals surface area contributed by atoms with Gasteiger partial charge in [0.2, 0.25) is 5.91 Å². The lowest BCUT2D eigenvalue weighted by Gasteiger charge is -2.11. The van der Waals surface area contributed by atoms with E-state index in [9.17, 15) is 9.59 Å². The zero-order valence-electron chi connectivity index (χ0n) is 17.3. The minimum Gasteiger partial charge on any atom is -0.322 e. The summed E-state index contributed by atoms with van der Waals surface area (Å²) < 4.78 is 3.31. The molecule has 0 spiro atoms. The Hall–Kier alpha value is -2.69. The third-order valence-corrected chi connectivity index (χ3v) is 7.61. The number of rotatable bonds is 7. The number of thioether (sulfide) groups is 1. The van der Waals surface area contributed by atoms with Crippen molar-refractivity contribution in [2.45, 2.75) is 25.5 Å². The van der Waals surface area contributed by atoms with Crippen molar-refractivity contribution in [3.05, 3.63) is 57.3 Å². The Morgan fingerprint density at radius 2 is 2.16 bits per heavy atom. The molecule has 4 aromatic heterocycles. The normalized spacial score (nSPS) is 11.2. The monoisotopic (exact) mass is 471 g/mol. The summed E-state index contributed by atoms with van der Waals surface area (Å²) in [5.74, 6) is -0.0411. The molecule has 0 aliphatic rings. The van der Waals surface area contributed by atoms with E-state index in [2.05, 4.69) is 17.0 Å². The van der Waals surface area contributed by atoms with E-state index < -0.39 is 0 Å². The van der Waals surface area contributed by atoms with Crippen LogP contribution in [0.4, 0.5) is 5.69 Å². The zero-order valence-corrected chi connectivity index (χ0v) is 19.8. The van der Waals surface area contributed by atoms with E-state index in [0.717, 1.165) is 27.5 Å². The number of hydrogen-bond acceptors (Lipinski definition) is 7. The molecule has 160 valence electrons. The highest BCUT2D eigenvalue weighted by atomic mass is 32.2. The molecule has 0 saturated carbocycles. The van der Waals surface area contributed by atoms with Crippen molar-refractivity contribution in [1.29, 1.82) is 0 Å². The number of nitrogens with zero attached hydrogens (tertiary/aromatic N) is 4. The van der Waals surface area contributed by atoms with Crippen LogP contribution in [-0.4, -0.2) is 31.0 Å². The lowest BCUT2D eigenvalue weighted by atomic mass is 10.2. The van der Waals surface area contributed by atoms with Gasteiger partial charge in [0.15, 0.2) is 5.16 Å². The summed E-state index contributed by atoms with van der Waals surface area (Å²) in [7, 11) is 1.84. The second-order valence-corrected chi connectivity index (χ2v) is 9.66. The molecule has 0 aliphatic heterocycles. The van der Waals surface area contributed by atoms with Crippen molar-refractivity contribution < 1.29 is 4.79 Å². The van der Waals surface area contributed by atoms with Gasteiger partial charge in [-0.25, -0.2) is 4.98 Å². The summed E-state index contributed by atoms with van der Waals surface area (Å²) >= 11 is 4.28. The van der Waals surface area contributed by atoms with Crippen LogP contribution in [0.25, 0.3) is 20.7 Å². The van der Waals surface area contributed by atoms with Crippen molar-refractivity contribution in [1.82, 2.24) is 19.3 Å². The number of fused-ring (bicyclic) bond motifs is 1. The van der Waals surface area contributed by atoms with Crippen LogP contribution in [0.3, 0.4) is 0 Å². The topological polar surface area (TPSA) is 81.8 Å². The fraction of sp³-hybridized carbons (Fsp3) is 0.238. The fourth-order valence-corrected chi connectivity index (χ4v) is 5.89. The SMILES string of the molecule is C=CCn1c(SCC(=O)Nc2c(C)nn(C)c2C)nc2scc(-c3cccs3)c2c1=O. The van der Waals surface area contributed by atoms with Gasteiger partial charge >= 0.3 is 0 Å². The number of anilines is 1. The molecule has 4 rings (SSSR count). The summed E-state index contributed by atoms with van der Waals surface area (Å²) in [4.78, 5) is 32.3. The van der Waals surface area contributed by atoms with Gasteiger partial charge in [0.1, 0.15) is 4.83 Å². The minimum atomic E-state index is -0.172. The smallest absolute Gasteiger partial charge is 0.263 e. The standard InChI is InChI=1S/C21H21N5O2S3/c1-5-8-26-20(28)17-14(15-7-6-9-29-15)10-30-19(17)23-21(26)31-11-16(27)22-18-12(2)24-25(4)13(18)3/h5-7,9-10H,1,8,11H2,2-4H3,(H,22,27). The molecule has 0 unspecified atom stereocenters. The maximum Gasteiger partial charge on any atom is 0.263 e. The van der Waals surface area contributed by atoms with E-state index in [4.69, 9.17) is 4.98 Å². The van der Waals surface area contributed by atoms with Gasteiger partial charge < -0.3 is 5.32 Å². The number of nitrogens with one attached hydrogen (secondary N) is 1. The first-order chi connectivity index (χ1) is 14.9. The van der Waals surface area contributed by atoms with Crippen LogP contribution in [0.1, 0.15) is 11.4 Å². The molecule has 1 N–H and O–H groups in total. The van der Waals surface area contributed by atoms with E-state index in [1.807, 2.05) is 43.8 Å². The lowest BCUT2D eigenvalue weighted by molar-refractivity contribution is -0.113. The Morgan fingerprint density at radius 3 is 2.81 bits per heavy atom. The van der Waals surface area contributed by atoms with Crippen molar-refractivity contribution in [3.8, 4) is 10.4 Å². The van der Waals surface area contributed by atoms with Crippen LogP contribution in [-0.2, 0) is 18.4 Å². The minimum absolute atomic E-state index is 0.114. The van der Waals surface area contributed by atoms with Gasteiger partial charge in [0, 0.05) is 29.4 Å². The molecule has 0 aromatic carbocycles. The van der Waals surface area contributed by atoms with Crippen molar-refractivity contribution in [2.75, 3.05) is 11.1 Å². The molecule has 0 aliphatic carbocycles. The van der Waals surface area contributed by atoms with Crippen LogP contribution < -0.4 is 10.9 Å². The van der Waals surface area contributed by atoms with Gasteiger partial charge in [0.25, 0.3) is 5.56 Å². The van der Waals surface area contributed by atoms with E-state index in [1.54, 1.807) is 26.7 Å². The molecule has 0 saturated heterocycles. The van der Waals surface area contributed by atoms with Crippen molar-refractivity contribution in [3.63, 3.8) is 0 Å². The number of aromatic nitrogens is 4. The molecule has 1 amide bonds. The second kappa shape index (κ2) is 8.81. The van der Waals surface area contributed by atoms with Gasteiger partial charge in [-0.1, -0.05) is 23.9 Å². The van der Waals surface area contributed by atoms with Crippen LogP contribution in [0.5, 0.6) is 0 Å². The molecule has 7 nitrogen and oxygen atoms in total. The molecule has 4 heterocycles. The third-order valence-electron chi connectivity index (χ3n) is 4.86. The number of thiophene rings is 2. The largest absolute Gasteiger partial charge is 0.322 e. The van der Waals surface area contributed by atoms with E-state index in [1.165, 1.54) is 23.1 Å². The molecule has 0 bridgehead atoms. The quantitative estimate of drug-likeness (QED) is 0.245. The van der Waals surface area contributed by atoms with Gasteiger partial charge in [-0.2, -0.15) is 5.10 Å². The van der Waals surface area contributed by atoms with Crippen LogP contribution in [0.2, 0.25) is 0 Å². The highest BCUT2D eigenvalue weighted by molar-refractivity contribution is 7.99. The molecule has 10 heteroatoms. The molecule has 4 aromatic rings. The third kappa shape index (κ3) is 4.10. The Kier molecular flexibility index (Phi) is 6.12. The van der Waals surface area contributed by atoms with E-state index >= 15 is 0 Å². The molecular weight excluding hydrogens is 450 g/mol. The fourth-order valence-electron chi connectivity index (χ4n) is 3.28. The average Bonchev–Trinajstić information content (AvgIpc) is 3.46. The predicted molar refractivity (Wildman–Crippen MR) is 129 cm³/mol. The van der Waals surface area contributed by atoms with Gasteiger partial charge in [-0.15, -0.1) is 29.3 Å². The maximum absolute atomic E-state index is 13.3. The van der Waals surface area contributed by atoms with Crippen molar-refractivity contribution >= 4 is 56.2 Å². The Bertz CT molecular complexity index is 1330. The number of carbonyl (C=O) groups is 1. The summed E-state index contributed by atoms with van der Waals surface area (Å²) in [6, 6.07) is 3.96. The molecule has 31 heavy (non-hydrogen) atoms. The van der Waals surface area contributed by atoms with Gasteiger partial charge in [-0.3, -0.25) is 18.8 Å². The number of hydrogen-bond donors (Lipinski definition) is 1. The average molecular weight is 472 g/mol. The molecular formula is C21H21N5O2S3. The number of aryl methyl sites for hydroxylation is 2. The summed E-state index contributed by atoms with van der Waals surface area (Å²) in [6.45, 7) is 7.86. The molecule has 0 atom stereocenters. The first kappa shape index (κ1) is 21.5.